The molecule has 0 aliphatic carbocycles. The predicted molar refractivity (Wildman–Crippen MR) is 77.3 cm³/mol. The number of carbonyl (C=O) groups is 1. The average Bonchev–Trinajstić information content (AvgIpc) is 2.67. The van der Waals surface area contributed by atoms with Crippen LogP contribution < -0.4 is 5.73 Å². The lowest BCUT2D eigenvalue weighted by Crippen LogP contribution is -2.16. The Morgan fingerprint density at radius 1 is 1.48 bits per heavy atom. The van der Waals surface area contributed by atoms with Crippen molar-refractivity contribution >= 4 is 23.3 Å². The van der Waals surface area contributed by atoms with Crippen molar-refractivity contribution in [3.8, 4) is 0 Å². The highest BCUT2D eigenvalue weighted by molar-refractivity contribution is 6.30. The van der Waals surface area contributed by atoms with Crippen LogP contribution in [0.1, 0.15) is 17.0 Å². The van der Waals surface area contributed by atoms with Gasteiger partial charge in [0, 0.05) is 10.6 Å². The minimum atomic E-state index is -0.528. The summed E-state index contributed by atoms with van der Waals surface area (Å²) in [5, 5.41) is 4.52. The molecule has 5 nitrogen and oxygen atoms in total. The SMILES string of the molecule is Cc1nn(CC(=O)OCc2cc(Cl)ccc2F)c(C)c1N. The first-order valence-electron chi connectivity index (χ1n) is 6.27. The van der Waals surface area contributed by atoms with Gasteiger partial charge in [-0.1, -0.05) is 11.6 Å². The molecule has 0 amide bonds. The van der Waals surface area contributed by atoms with Gasteiger partial charge in [0.1, 0.15) is 19.0 Å². The minimum Gasteiger partial charge on any atom is -0.459 e. The first kappa shape index (κ1) is 15.3. The molecule has 1 heterocycles. The molecule has 7 heteroatoms. The normalized spacial score (nSPS) is 10.7. The molecule has 0 aliphatic rings. The van der Waals surface area contributed by atoms with Crippen molar-refractivity contribution in [2.45, 2.75) is 27.0 Å². The van der Waals surface area contributed by atoms with Gasteiger partial charge in [-0.15, -0.1) is 0 Å². The second-order valence-corrected chi connectivity index (χ2v) is 5.07. The largest absolute Gasteiger partial charge is 0.459 e. The Kier molecular flexibility index (Phi) is 4.47. The van der Waals surface area contributed by atoms with Gasteiger partial charge < -0.3 is 10.5 Å². The summed E-state index contributed by atoms with van der Waals surface area (Å²) in [5.74, 6) is -0.998. The highest BCUT2D eigenvalue weighted by atomic mass is 35.5. The number of hydrogen-bond acceptors (Lipinski definition) is 4. The van der Waals surface area contributed by atoms with Crippen LogP contribution in [0.5, 0.6) is 0 Å². The molecule has 0 bridgehead atoms. The summed E-state index contributed by atoms with van der Waals surface area (Å²) in [5.41, 5.74) is 7.90. The average molecular weight is 312 g/mol. The number of anilines is 1. The van der Waals surface area contributed by atoms with E-state index in [1.807, 2.05) is 0 Å². The van der Waals surface area contributed by atoms with Crippen LogP contribution in [0, 0.1) is 19.7 Å². The van der Waals surface area contributed by atoms with E-state index in [4.69, 9.17) is 22.1 Å². The Labute approximate surface area is 126 Å². The number of rotatable bonds is 4. The zero-order valence-electron chi connectivity index (χ0n) is 11.7. The predicted octanol–water partition coefficient (Wildman–Crippen LogP) is 2.62. The van der Waals surface area contributed by atoms with E-state index < -0.39 is 11.8 Å². The van der Waals surface area contributed by atoms with E-state index in [1.165, 1.54) is 22.9 Å². The maximum absolute atomic E-state index is 13.5. The third kappa shape index (κ3) is 3.52. The maximum Gasteiger partial charge on any atom is 0.328 e. The Bertz CT molecular complexity index is 685. The highest BCUT2D eigenvalue weighted by Gasteiger charge is 2.13. The second-order valence-electron chi connectivity index (χ2n) is 4.64. The van der Waals surface area contributed by atoms with E-state index in [1.54, 1.807) is 13.8 Å². The third-order valence-electron chi connectivity index (χ3n) is 3.11. The fraction of sp³-hybridized carbons (Fsp3) is 0.286. The highest BCUT2D eigenvalue weighted by Crippen LogP contribution is 2.17. The van der Waals surface area contributed by atoms with Gasteiger partial charge in [-0.2, -0.15) is 5.10 Å². The first-order chi connectivity index (χ1) is 9.88. The number of nitrogen functional groups attached to an aromatic ring is 1. The van der Waals surface area contributed by atoms with Crippen molar-refractivity contribution in [3.05, 3.63) is 46.0 Å². The molecule has 0 saturated heterocycles. The minimum absolute atomic E-state index is 0.0773. The van der Waals surface area contributed by atoms with Crippen molar-refractivity contribution in [2.75, 3.05) is 5.73 Å². The Hall–Kier alpha value is -2.08. The molecule has 0 saturated carbocycles. The number of halogens is 2. The number of nitrogens with zero attached hydrogens (tertiary/aromatic N) is 2. The van der Waals surface area contributed by atoms with Gasteiger partial charge in [-0.3, -0.25) is 9.48 Å². The topological polar surface area (TPSA) is 70.1 Å². The van der Waals surface area contributed by atoms with Gasteiger partial charge >= 0.3 is 5.97 Å². The smallest absolute Gasteiger partial charge is 0.328 e. The number of ether oxygens (including phenoxy) is 1. The molecular weight excluding hydrogens is 297 g/mol. The quantitative estimate of drug-likeness (QED) is 0.881. The van der Waals surface area contributed by atoms with E-state index in [9.17, 15) is 9.18 Å². The van der Waals surface area contributed by atoms with Crippen molar-refractivity contribution in [3.63, 3.8) is 0 Å². The van der Waals surface area contributed by atoms with Crippen LogP contribution in [-0.2, 0) is 22.7 Å². The van der Waals surface area contributed by atoms with Gasteiger partial charge in [-0.25, -0.2) is 4.39 Å². The third-order valence-corrected chi connectivity index (χ3v) is 3.35. The number of hydrogen-bond donors (Lipinski definition) is 1. The van der Waals surface area contributed by atoms with Gasteiger partial charge in [0.25, 0.3) is 0 Å². The molecule has 0 unspecified atom stereocenters. The summed E-state index contributed by atoms with van der Waals surface area (Å²) >= 11 is 5.77. The van der Waals surface area contributed by atoms with Crippen LogP contribution in [0.15, 0.2) is 18.2 Å². The standard InChI is InChI=1S/C14H15ClFN3O2/c1-8-14(17)9(2)19(18-8)6-13(20)21-7-10-5-11(15)3-4-12(10)16/h3-5H,6-7,17H2,1-2H3. The van der Waals surface area contributed by atoms with Crippen LogP contribution in [0.2, 0.25) is 5.02 Å². The van der Waals surface area contributed by atoms with Crippen LogP contribution in [0.4, 0.5) is 10.1 Å². The summed E-state index contributed by atoms with van der Waals surface area (Å²) in [6.45, 7) is 3.26. The van der Waals surface area contributed by atoms with E-state index in [0.717, 1.165) is 0 Å². The lowest BCUT2D eigenvalue weighted by Gasteiger charge is -2.07. The Morgan fingerprint density at radius 2 is 2.19 bits per heavy atom. The lowest BCUT2D eigenvalue weighted by atomic mass is 10.2. The van der Waals surface area contributed by atoms with Crippen molar-refractivity contribution in [1.29, 1.82) is 0 Å². The van der Waals surface area contributed by atoms with Crippen LogP contribution in [-0.4, -0.2) is 15.7 Å². The Balaban J connectivity index is 1.99. The number of benzene rings is 1. The molecule has 2 N–H and O–H groups in total. The number of aromatic nitrogens is 2. The van der Waals surface area contributed by atoms with E-state index in [2.05, 4.69) is 5.10 Å². The molecule has 2 rings (SSSR count). The van der Waals surface area contributed by atoms with E-state index in [0.29, 0.717) is 22.1 Å². The molecule has 1 aromatic carbocycles. The summed E-state index contributed by atoms with van der Waals surface area (Å²) in [7, 11) is 0. The second kappa shape index (κ2) is 6.13. The first-order valence-corrected chi connectivity index (χ1v) is 6.65. The van der Waals surface area contributed by atoms with E-state index in [-0.39, 0.29) is 18.7 Å². The molecule has 1 aromatic heterocycles. The van der Waals surface area contributed by atoms with Crippen LogP contribution in [0.3, 0.4) is 0 Å². The van der Waals surface area contributed by atoms with Crippen molar-refractivity contribution < 1.29 is 13.9 Å². The number of nitrogens with two attached hydrogens (primary N) is 1. The van der Waals surface area contributed by atoms with Gasteiger partial charge in [-0.05, 0) is 32.0 Å². The van der Waals surface area contributed by atoms with Gasteiger partial charge in [0.15, 0.2) is 0 Å². The van der Waals surface area contributed by atoms with Gasteiger partial charge in [0.05, 0.1) is 17.1 Å². The Morgan fingerprint density at radius 3 is 2.81 bits per heavy atom. The fourth-order valence-electron chi connectivity index (χ4n) is 1.84. The molecule has 0 spiro atoms. The zero-order chi connectivity index (χ0) is 15.6. The van der Waals surface area contributed by atoms with Crippen molar-refractivity contribution in [2.24, 2.45) is 0 Å². The summed E-state index contributed by atoms with van der Waals surface area (Å²) in [6, 6.07) is 4.08. The number of esters is 1. The molecule has 0 fully saturated rings. The van der Waals surface area contributed by atoms with Crippen LogP contribution >= 0.6 is 11.6 Å². The molecule has 2 aromatic rings. The fourth-order valence-corrected chi connectivity index (χ4v) is 2.04. The molecular formula is C14H15ClFN3O2. The molecule has 0 aliphatic heterocycles. The lowest BCUT2D eigenvalue weighted by molar-refractivity contribution is -0.146. The molecule has 21 heavy (non-hydrogen) atoms. The van der Waals surface area contributed by atoms with Crippen LogP contribution in [0.25, 0.3) is 0 Å². The maximum atomic E-state index is 13.5. The number of aryl methyl sites for hydroxylation is 1. The monoisotopic (exact) mass is 311 g/mol. The molecule has 0 radical (unpaired) electrons. The molecule has 112 valence electrons. The molecule has 0 atom stereocenters. The zero-order valence-corrected chi connectivity index (χ0v) is 12.4. The van der Waals surface area contributed by atoms with Crippen molar-refractivity contribution in [1.82, 2.24) is 9.78 Å². The summed E-state index contributed by atoms with van der Waals surface area (Å²) in [6.07, 6.45) is 0. The summed E-state index contributed by atoms with van der Waals surface area (Å²) in [4.78, 5) is 11.8. The summed E-state index contributed by atoms with van der Waals surface area (Å²) < 4.78 is 20.0. The van der Waals surface area contributed by atoms with Gasteiger partial charge in [0.2, 0.25) is 0 Å². The van der Waals surface area contributed by atoms with E-state index >= 15 is 0 Å². The number of carbonyl (C=O) groups excluding carboxylic acids is 1.